The van der Waals surface area contributed by atoms with E-state index in [-0.39, 0.29) is 43.6 Å². The van der Waals surface area contributed by atoms with Gasteiger partial charge in [0.05, 0.1) is 107 Å². The molecule has 100 heavy (non-hydrogen) atoms. The fraction of sp³-hybridized carbons (Fsp3) is 0. The quantitative estimate of drug-likeness (QED) is 0.130. The Kier molecular flexibility index (Phi) is 6.85. The summed E-state index contributed by atoms with van der Waals surface area (Å²) in [4.78, 5) is 0. The molecule has 0 aliphatic heterocycles. The van der Waals surface area contributed by atoms with Crippen LogP contribution in [0.15, 0.2) is 387 Å². The van der Waals surface area contributed by atoms with Gasteiger partial charge in [-0.25, -0.2) is 0 Å². The zero-order chi connectivity index (χ0) is 106. The molecule has 4 aromatic heterocycles. The monoisotopic (exact) mass is 1320 g/mol. The molecule has 0 bridgehead atoms. The maximum atomic E-state index is 9.89. The van der Waals surface area contributed by atoms with Gasteiger partial charge in [-0.15, -0.1) is 0 Å². The molecule has 16 aromatic carbocycles. The van der Waals surface area contributed by atoms with Gasteiger partial charge in [0.2, 0.25) is 0 Å². The number of nitrogens with zero attached hydrogens (tertiary/aromatic N) is 4. The number of hydrogen-bond donors (Lipinski definition) is 0. The van der Waals surface area contributed by atoms with Gasteiger partial charge in [0.1, 0.15) is 0 Å². The van der Waals surface area contributed by atoms with Crippen molar-refractivity contribution in [2.45, 2.75) is 0 Å². The number of aromatic nitrogens is 4. The molecule has 0 atom stereocenters. The lowest BCUT2D eigenvalue weighted by Gasteiger charge is -2.11. The zero-order valence-electron chi connectivity index (χ0n) is 97.2. The third kappa shape index (κ3) is 10.1. The van der Waals surface area contributed by atoms with Crippen molar-refractivity contribution >= 4 is 87.2 Å². The summed E-state index contributed by atoms with van der Waals surface area (Å²) in [5.74, 6) is 0. The van der Waals surface area contributed by atoms with E-state index in [1.54, 1.807) is 36.4 Å². The lowest BCUT2D eigenvalue weighted by molar-refractivity contribution is 1.18. The van der Waals surface area contributed by atoms with Gasteiger partial charge in [-0.2, -0.15) is 0 Å². The Morgan fingerprint density at radius 3 is 0.770 bits per heavy atom. The van der Waals surface area contributed by atoms with Gasteiger partial charge in [-0.3, -0.25) is 0 Å². The smallest absolute Gasteiger partial charge is 0.0651 e. The maximum absolute atomic E-state index is 9.89. The van der Waals surface area contributed by atoms with Crippen LogP contribution >= 0.6 is 0 Å². The lowest BCUT2D eigenvalue weighted by Crippen LogP contribution is -1.94. The average molecular weight is 1320 g/mol. The Morgan fingerprint density at radius 2 is 0.430 bits per heavy atom. The Morgan fingerprint density at radius 1 is 0.160 bits per heavy atom. The molecule has 4 heteroatoms. The van der Waals surface area contributed by atoms with Gasteiger partial charge >= 0.3 is 0 Å². The molecule has 0 amide bonds. The molecule has 0 fully saturated rings. The molecule has 20 rings (SSSR count). The Hall–Kier alpha value is -13.3. The number of para-hydroxylation sites is 4. The molecule has 0 saturated carbocycles. The third-order valence-corrected chi connectivity index (χ3v) is 16.7. The highest BCUT2D eigenvalue weighted by Gasteiger charge is 2.20. The van der Waals surface area contributed by atoms with Crippen LogP contribution in [0.3, 0.4) is 0 Å². The molecular weight excluding hydrogens is 1210 g/mol. The van der Waals surface area contributed by atoms with Gasteiger partial charge in [0.25, 0.3) is 0 Å². The van der Waals surface area contributed by atoms with Gasteiger partial charge in [0.15, 0.2) is 0 Å². The van der Waals surface area contributed by atoms with Crippen molar-refractivity contribution < 1.29 is 63.1 Å². The molecular formula is C96H64N4. The largest absolute Gasteiger partial charge is 0.309 e. The summed E-state index contributed by atoms with van der Waals surface area (Å²) < 4.78 is 420. The van der Waals surface area contributed by atoms with Crippen molar-refractivity contribution in [3.63, 3.8) is 0 Å². The Labute approximate surface area is 644 Å². The van der Waals surface area contributed by atoms with Crippen molar-refractivity contribution in [2.75, 3.05) is 0 Å². The highest BCUT2D eigenvalue weighted by molar-refractivity contribution is 6.15. The fourth-order valence-corrected chi connectivity index (χ4v) is 12.3. The maximum Gasteiger partial charge on any atom is 0.0651 e. The van der Waals surface area contributed by atoms with E-state index in [0.29, 0.717) is 20.5 Å². The van der Waals surface area contributed by atoms with Crippen LogP contribution in [0.4, 0.5) is 0 Å². The molecule has 0 aliphatic rings. The summed E-state index contributed by atoms with van der Waals surface area (Å²) in [5.41, 5.74) is -6.80. The first kappa shape index (κ1) is 28.1. The van der Waals surface area contributed by atoms with Crippen molar-refractivity contribution in [2.24, 2.45) is 0 Å². The summed E-state index contributed by atoms with van der Waals surface area (Å²) in [6.45, 7) is 0. The highest BCUT2D eigenvalue weighted by Crippen LogP contribution is 2.43. The fourth-order valence-electron chi connectivity index (χ4n) is 12.3. The van der Waals surface area contributed by atoms with Crippen LogP contribution in [0.25, 0.3) is 177 Å². The summed E-state index contributed by atoms with van der Waals surface area (Å²) >= 11 is 0. The van der Waals surface area contributed by atoms with Crippen LogP contribution in [-0.4, -0.2) is 18.3 Å². The second kappa shape index (κ2) is 24.4. The molecule has 0 spiro atoms. The van der Waals surface area contributed by atoms with Crippen molar-refractivity contribution in [3.8, 4) is 89.5 Å². The van der Waals surface area contributed by atoms with E-state index in [2.05, 4.69) is 0 Å². The standard InChI is InChI=1S/2C48H32N2/c2*1-3-13-33(14-4-1)35-17-11-19-39(29-35)49-45-23-9-7-21-41(45)43-31-37(25-27-47(43)49)38-26-28-48-44(32-38)42-22-8-10-24-46(42)50(48)40-20-12-18-36(30-40)34-15-5-2-6-16-34/h2*1-32H/i1D,2D,3D,4D,5D,6D,7D,8D,9D,10D,11D,12D,13D,14D,15D,16D,17D,18D,19D,20D,21D,22D,23D,24D,25D,26D,27D,28D,29D,30D,31D,32D;7D,8D,9D,10D,21D,22D,23D,24D,25D,26D,27D,28D,31D,32D. The van der Waals surface area contributed by atoms with Crippen molar-refractivity contribution in [3.05, 3.63) is 387 Å². The van der Waals surface area contributed by atoms with E-state index >= 15 is 0 Å². The topological polar surface area (TPSA) is 19.7 Å². The summed E-state index contributed by atoms with van der Waals surface area (Å²) in [6, 6.07) is -5.95. The molecule has 0 saturated heterocycles. The van der Waals surface area contributed by atoms with E-state index in [9.17, 15) is 24.7 Å². The summed E-state index contributed by atoms with van der Waals surface area (Å²) in [7, 11) is 0. The van der Waals surface area contributed by atoms with Crippen LogP contribution in [0, 0.1) is 0 Å². The minimum atomic E-state index is -1.12. The van der Waals surface area contributed by atoms with E-state index in [1.807, 2.05) is 72.8 Å². The van der Waals surface area contributed by atoms with Crippen LogP contribution in [0.1, 0.15) is 63.1 Å². The predicted molar refractivity (Wildman–Crippen MR) is 423 cm³/mol. The molecule has 468 valence electrons. The Bertz CT molecular complexity index is 8840. The molecule has 0 N–H and O–H groups in total. The zero-order valence-corrected chi connectivity index (χ0v) is 51.2. The van der Waals surface area contributed by atoms with Crippen LogP contribution < -0.4 is 0 Å². The molecule has 20 aromatic rings. The molecule has 4 nitrogen and oxygen atoms in total. The van der Waals surface area contributed by atoms with Crippen molar-refractivity contribution in [1.82, 2.24) is 18.3 Å². The summed E-state index contributed by atoms with van der Waals surface area (Å²) in [6.07, 6.45) is 0. The first-order valence-electron chi connectivity index (χ1n) is 53.6. The van der Waals surface area contributed by atoms with Gasteiger partial charge in [0, 0.05) is 65.8 Å². The minimum absolute atomic E-state index is 0.0459. The Balaban J connectivity index is 0.000000190. The van der Waals surface area contributed by atoms with Crippen LogP contribution in [0.5, 0.6) is 0 Å². The molecule has 0 radical (unpaired) electrons. The first-order chi connectivity index (χ1) is 68.8. The summed E-state index contributed by atoms with van der Waals surface area (Å²) in [5, 5.41) is -3.20. The SMILES string of the molecule is [2H]c1c([2H])c([2H])c(-c2c([2H])c([2H])c([2H])c(-n3c4c([2H])c([2H])c([2H])c([2H])c4c4c([2H])c(-c5c([2H])c([2H])c6c(c5[2H])c5c([2H])c([2H])c([2H])c([2H])c5n6-c5c([2H])c([2H])c([2H])c(-c6c([2H])c([2H])c([2H])c([2H])c6[2H])c5[2H])c([2H])c([2H])c43)c2[2H])c([2H])c1[2H].[2H]c1c([2H])c([2H])c2c(c1[2H])c1c([2H])c(-c3c([2H])c([2H])c4c(c3[2H])c3c([2H])c([2H])c([2H])c([2H])c3n4-c3cccc(-c4ccccc4)c3)c([2H])c([2H])c1n2-c1cccc(-c2ccccc2)c1. The third-order valence-electron chi connectivity index (χ3n) is 16.7. The average Bonchev–Trinajstić information content (AvgIpc) is 1.45. The van der Waals surface area contributed by atoms with Gasteiger partial charge < -0.3 is 18.3 Å². The first-order valence-corrected chi connectivity index (χ1v) is 30.6. The van der Waals surface area contributed by atoms with Gasteiger partial charge in [-0.05, 0) is 188 Å². The predicted octanol–water partition coefficient (Wildman–Crippen LogP) is 25.8. The lowest BCUT2D eigenvalue weighted by atomic mass is 10.0. The number of rotatable bonds is 10. The van der Waals surface area contributed by atoms with Crippen LogP contribution in [0.2, 0.25) is 0 Å². The van der Waals surface area contributed by atoms with E-state index < -0.39 is 377 Å². The molecule has 4 heterocycles. The second-order valence-electron chi connectivity index (χ2n) is 22.4. The normalized spacial score (nSPS) is 18.0. The number of benzene rings is 16. The van der Waals surface area contributed by atoms with Gasteiger partial charge in [-0.1, -0.05) is 266 Å². The minimum Gasteiger partial charge on any atom is -0.309 e. The van der Waals surface area contributed by atoms with E-state index in [4.69, 9.17) is 38.4 Å². The van der Waals surface area contributed by atoms with E-state index in [1.165, 1.54) is 9.13 Å². The van der Waals surface area contributed by atoms with E-state index in [0.717, 1.165) is 22.3 Å². The van der Waals surface area contributed by atoms with Crippen molar-refractivity contribution in [1.29, 1.82) is 0 Å². The number of fused-ring (bicyclic) bond motifs is 12. The number of hydrogen-bond acceptors (Lipinski definition) is 0. The second-order valence-corrected chi connectivity index (χ2v) is 22.4. The highest BCUT2D eigenvalue weighted by atomic mass is 15.0. The molecule has 0 aliphatic carbocycles. The van der Waals surface area contributed by atoms with Crippen LogP contribution in [-0.2, 0) is 0 Å². The molecule has 0 unspecified atom stereocenters.